The largest absolute Gasteiger partial charge is 0.491 e. The summed E-state index contributed by atoms with van der Waals surface area (Å²) in [6.45, 7) is 2.20. The second kappa shape index (κ2) is 10.8. The minimum absolute atomic E-state index is 0.113. The van der Waals surface area contributed by atoms with Crippen LogP contribution in [0.25, 0.3) is 0 Å². The number of aryl methyl sites for hydroxylation is 1. The predicted octanol–water partition coefficient (Wildman–Crippen LogP) is 4.08. The molecule has 0 aliphatic rings. The fourth-order valence-corrected chi connectivity index (χ4v) is 2.49. The van der Waals surface area contributed by atoms with Crippen molar-refractivity contribution in [1.29, 1.82) is 0 Å². The molecule has 0 heterocycles. The Balaban J connectivity index is 2.16. The number of unbranched alkanes of at least 4 members (excludes halogenated alkanes) is 5. The van der Waals surface area contributed by atoms with Crippen molar-refractivity contribution in [3.63, 3.8) is 0 Å². The van der Waals surface area contributed by atoms with Crippen molar-refractivity contribution in [2.75, 3.05) is 13.2 Å². The van der Waals surface area contributed by atoms with Gasteiger partial charge >= 0.3 is 7.82 Å². The van der Waals surface area contributed by atoms with Gasteiger partial charge in [0.1, 0.15) is 12.4 Å². The van der Waals surface area contributed by atoms with E-state index in [1.807, 2.05) is 24.3 Å². The van der Waals surface area contributed by atoms with Crippen molar-refractivity contribution < 1.29 is 23.6 Å². The van der Waals surface area contributed by atoms with E-state index in [1.54, 1.807) is 0 Å². The van der Waals surface area contributed by atoms with E-state index in [9.17, 15) is 4.57 Å². The zero-order chi connectivity index (χ0) is 16.3. The van der Waals surface area contributed by atoms with Gasteiger partial charge in [-0.1, -0.05) is 51.2 Å². The van der Waals surface area contributed by atoms with Crippen molar-refractivity contribution in [3.05, 3.63) is 29.8 Å². The zero-order valence-corrected chi connectivity index (χ0v) is 14.1. The smallest absolute Gasteiger partial charge is 0.469 e. The van der Waals surface area contributed by atoms with E-state index >= 15 is 0 Å². The van der Waals surface area contributed by atoms with Crippen molar-refractivity contribution in [2.45, 2.75) is 51.9 Å². The van der Waals surface area contributed by atoms with E-state index in [1.165, 1.54) is 44.1 Å². The van der Waals surface area contributed by atoms with Crippen LogP contribution in [0.2, 0.25) is 0 Å². The summed E-state index contributed by atoms with van der Waals surface area (Å²) < 4.78 is 20.2. The molecule has 0 saturated carbocycles. The third-order valence-electron chi connectivity index (χ3n) is 3.35. The molecule has 1 aromatic rings. The van der Waals surface area contributed by atoms with Crippen LogP contribution in [0.1, 0.15) is 51.0 Å². The summed E-state index contributed by atoms with van der Waals surface area (Å²) in [7, 11) is -4.40. The maximum absolute atomic E-state index is 10.5. The number of benzene rings is 1. The molecule has 126 valence electrons. The first-order valence-electron chi connectivity index (χ1n) is 7.93. The predicted molar refractivity (Wildman–Crippen MR) is 87.0 cm³/mol. The van der Waals surface area contributed by atoms with Gasteiger partial charge in [-0.2, -0.15) is 0 Å². The lowest BCUT2D eigenvalue weighted by Gasteiger charge is -2.08. The van der Waals surface area contributed by atoms with Crippen molar-refractivity contribution >= 4 is 7.82 Å². The van der Waals surface area contributed by atoms with Crippen LogP contribution in [0.3, 0.4) is 0 Å². The Morgan fingerprint density at radius 3 is 2.23 bits per heavy atom. The van der Waals surface area contributed by atoms with Gasteiger partial charge in [-0.3, -0.25) is 4.52 Å². The minimum Gasteiger partial charge on any atom is -0.491 e. The Morgan fingerprint density at radius 1 is 0.955 bits per heavy atom. The van der Waals surface area contributed by atoms with Gasteiger partial charge in [0.25, 0.3) is 0 Å². The fraction of sp³-hybridized carbons (Fsp3) is 0.625. The summed E-state index contributed by atoms with van der Waals surface area (Å²) in [6, 6.07) is 7.82. The summed E-state index contributed by atoms with van der Waals surface area (Å²) in [6.07, 6.45) is 8.82. The fourth-order valence-electron chi connectivity index (χ4n) is 2.18. The van der Waals surface area contributed by atoms with Crippen LogP contribution in [0.4, 0.5) is 0 Å². The number of phosphoric acid groups is 1. The van der Waals surface area contributed by atoms with E-state index in [2.05, 4.69) is 11.4 Å². The number of phosphoric ester groups is 1. The molecule has 0 fully saturated rings. The maximum atomic E-state index is 10.5. The van der Waals surface area contributed by atoms with Crippen LogP contribution < -0.4 is 4.74 Å². The molecule has 0 atom stereocenters. The van der Waals surface area contributed by atoms with Crippen molar-refractivity contribution in [1.82, 2.24) is 0 Å². The molecule has 0 aliphatic carbocycles. The van der Waals surface area contributed by atoms with E-state index in [0.717, 1.165) is 6.42 Å². The lowest BCUT2D eigenvalue weighted by atomic mass is 10.0. The highest BCUT2D eigenvalue weighted by atomic mass is 31.2. The molecule has 0 unspecified atom stereocenters. The van der Waals surface area contributed by atoms with Gasteiger partial charge in [-0.25, -0.2) is 4.57 Å². The molecule has 0 radical (unpaired) electrons. The first-order chi connectivity index (χ1) is 10.5. The van der Waals surface area contributed by atoms with E-state index in [0.29, 0.717) is 5.75 Å². The standard InChI is InChI=1S/C16H27O5P/c1-2-3-4-5-6-7-8-15-9-11-16(12-10-15)20-13-14-21-22(17,18)19/h9-12H,2-8,13-14H2,1H3,(H2,17,18,19). The highest BCUT2D eigenvalue weighted by molar-refractivity contribution is 7.46. The van der Waals surface area contributed by atoms with Gasteiger partial charge in [0, 0.05) is 0 Å². The Morgan fingerprint density at radius 2 is 1.59 bits per heavy atom. The molecule has 1 rings (SSSR count). The van der Waals surface area contributed by atoms with Crippen molar-refractivity contribution in [3.8, 4) is 5.75 Å². The van der Waals surface area contributed by atoms with Crippen LogP contribution in [0.15, 0.2) is 24.3 Å². The Kier molecular flexibility index (Phi) is 9.41. The van der Waals surface area contributed by atoms with Crippen molar-refractivity contribution in [2.24, 2.45) is 0 Å². The number of ether oxygens (including phenoxy) is 1. The molecule has 6 heteroatoms. The molecule has 0 bridgehead atoms. The number of rotatable bonds is 12. The quantitative estimate of drug-likeness (QED) is 0.446. The Bertz CT molecular complexity index is 440. The molecule has 0 aliphatic heterocycles. The molecular weight excluding hydrogens is 303 g/mol. The van der Waals surface area contributed by atoms with Crippen LogP contribution in [0, 0.1) is 0 Å². The number of hydrogen-bond acceptors (Lipinski definition) is 3. The van der Waals surface area contributed by atoms with E-state index < -0.39 is 7.82 Å². The Hall–Kier alpha value is -0.870. The maximum Gasteiger partial charge on any atom is 0.469 e. The van der Waals surface area contributed by atoms with Crippen LogP contribution in [-0.4, -0.2) is 23.0 Å². The number of hydrogen-bond donors (Lipinski definition) is 2. The molecule has 0 spiro atoms. The van der Waals surface area contributed by atoms with Gasteiger partial charge in [0.15, 0.2) is 0 Å². The third kappa shape index (κ3) is 9.96. The molecule has 0 saturated heterocycles. The molecule has 0 amide bonds. The normalized spacial score (nSPS) is 11.6. The molecule has 5 nitrogen and oxygen atoms in total. The average Bonchev–Trinajstić information content (AvgIpc) is 2.48. The average molecular weight is 330 g/mol. The van der Waals surface area contributed by atoms with Gasteiger partial charge in [0.2, 0.25) is 0 Å². The van der Waals surface area contributed by atoms with Crippen LogP contribution in [0.5, 0.6) is 5.75 Å². The van der Waals surface area contributed by atoms with Crippen LogP contribution >= 0.6 is 7.82 Å². The van der Waals surface area contributed by atoms with Gasteiger partial charge in [-0.05, 0) is 30.5 Å². The molecule has 2 N–H and O–H groups in total. The van der Waals surface area contributed by atoms with Gasteiger partial charge in [-0.15, -0.1) is 0 Å². The molecular formula is C16H27O5P. The third-order valence-corrected chi connectivity index (χ3v) is 3.87. The summed E-state index contributed by atoms with van der Waals surface area (Å²) in [5, 5.41) is 0. The molecule has 0 aromatic heterocycles. The van der Waals surface area contributed by atoms with Gasteiger partial charge < -0.3 is 14.5 Å². The topological polar surface area (TPSA) is 76.0 Å². The Labute approximate surface area is 132 Å². The molecule has 22 heavy (non-hydrogen) atoms. The van der Waals surface area contributed by atoms with E-state index in [-0.39, 0.29) is 13.2 Å². The highest BCUT2D eigenvalue weighted by Crippen LogP contribution is 2.35. The second-order valence-corrected chi connectivity index (χ2v) is 6.57. The lowest BCUT2D eigenvalue weighted by molar-refractivity contribution is 0.160. The first-order valence-corrected chi connectivity index (χ1v) is 9.46. The SMILES string of the molecule is CCCCCCCCc1ccc(OCCOP(=O)(O)O)cc1. The first kappa shape index (κ1) is 19.2. The highest BCUT2D eigenvalue weighted by Gasteiger charge is 2.12. The monoisotopic (exact) mass is 330 g/mol. The van der Waals surface area contributed by atoms with Crippen LogP contribution in [-0.2, 0) is 15.5 Å². The van der Waals surface area contributed by atoms with E-state index in [4.69, 9.17) is 14.5 Å². The lowest BCUT2D eigenvalue weighted by Crippen LogP contribution is -2.05. The second-order valence-electron chi connectivity index (χ2n) is 5.33. The van der Waals surface area contributed by atoms with Gasteiger partial charge in [0.05, 0.1) is 6.61 Å². The zero-order valence-electron chi connectivity index (χ0n) is 13.2. The summed E-state index contributed by atoms with van der Waals surface area (Å²) >= 11 is 0. The molecule has 1 aromatic carbocycles. The summed E-state index contributed by atoms with van der Waals surface area (Å²) in [5.41, 5.74) is 1.29. The minimum atomic E-state index is -4.40. The summed E-state index contributed by atoms with van der Waals surface area (Å²) in [5.74, 6) is 0.681. The summed E-state index contributed by atoms with van der Waals surface area (Å²) in [4.78, 5) is 17.1.